The molecule has 0 saturated heterocycles. The van der Waals surface area contributed by atoms with Crippen LogP contribution >= 0.6 is 0 Å². The Balaban J connectivity index is 1.38. The van der Waals surface area contributed by atoms with Crippen molar-refractivity contribution in [3.63, 3.8) is 0 Å². The molecule has 2 unspecified atom stereocenters. The number of anilines is 2. The zero-order chi connectivity index (χ0) is 21.2. The largest absolute Gasteiger partial charge is 0.489 e. The first kappa shape index (κ1) is 19.1. The van der Waals surface area contributed by atoms with Gasteiger partial charge in [0.15, 0.2) is 0 Å². The standard InChI is InChI=1S/C24H22FN5O/c25-19-10-6-17(7-11-19)21-14-22(30-24(27-21)28-23(26)29-30)18-8-12-20(13-9-18)31-15-16-4-2-1-3-5-16/h1-13,21-22H,14-15H2,(H3,26,27,28,29). The number of nitrogen functional groups attached to an aromatic ring is 1. The third-order valence-electron chi connectivity index (χ3n) is 5.49. The quantitative estimate of drug-likeness (QED) is 0.493. The third-order valence-corrected chi connectivity index (χ3v) is 5.49. The van der Waals surface area contributed by atoms with Gasteiger partial charge in [-0.25, -0.2) is 9.07 Å². The second-order valence-electron chi connectivity index (χ2n) is 7.58. The molecule has 6 nitrogen and oxygen atoms in total. The van der Waals surface area contributed by atoms with Gasteiger partial charge in [-0.05, 0) is 47.4 Å². The van der Waals surface area contributed by atoms with E-state index in [9.17, 15) is 4.39 Å². The number of hydrogen-bond acceptors (Lipinski definition) is 5. The molecule has 2 heterocycles. The van der Waals surface area contributed by atoms with E-state index in [1.807, 2.05) is 59.3 Å². The normalized spacial score (nSPS) is 17.6. The van der Waals surface area contributed by atoms with Gasteiger partial charge in [-0.1, -0.05) is 54.6 Å². The van der Waals surface area contributed by atoms with E-state index in [4.69, 9.17) is 10.5 Å². The summed E-state index contributed by atoms with van der Waals surface area (Å²) >= 11 is 0. The fourth-order valence-electron chi connectivity index (χ4n) is 3.91. The lowest BCUT2D eigenvalue weighted by Crippen LogP contribution is -2.28. The number of hydrogen-bond donors (Lipinski definition) is 2. The van der Waals surface area contributed by atoms with Crippen LogP contribution in [0.3, 0.4) is 0 Å². The van der Waals surface area contributed by atoms with Gasteiger partial charge < -0.3 is 15.8 Å². The van der Waals surface area contributed by atoms with E-state index < -0.39 is 0 Å². The summed E-state index contributed by atoms with van der Waals surface area (Å²) in [6.07, 6.45) is 0.728. The van der Waals surface area contributed by atoms with E-state index in [-0.39, 0.29) is 23.8 Å². The molecule has 5 rings (SSSR count). The Morgan fingerprint density at radius 2 is 1.68 bits per heavy atom. The van der Waals surface area contributed by atoms with Crippen molar-refractivity contribution >= 4 is 11.9 Å². The van der Waals surface area contributed by atoms with Crippen molar-refractivity contribution in [1.82, 2.24) is 14.8 Å². The smallest absolute Gasteiger partial charge is 0.241 e. The van der Waals surface area contributed by atoms with Gasteiger partial charge in [-0.2, -0.15) is 4.98 Å². The van der Waals surface area contributed by atoms with Crippen molar-refractivity contribution in [3.8, 4) is 5.75 Å². The van der Waals surface area contributed by atoms with Gasteiger partial charge in [0.2, 0.25) is 11.9 Å². The van der Waals surface area contributed by atoms with Crippen molar-refractivity contribution in [1.29, 1.82) is 0 Å². The molecule has 0 spiro atoms. The van der Waals surface area contributed by atoms with Crippen LogP contribution in [0.15, 0.2) is 78.9 Å². The summed E-state index contributed by atoms with van der Waals surface area (Å²) in [4.78, 5) is 4.32. The SMILES string of the molecule is Nc1nc2n(n1)C(c1ccc(OCc3ccccc3)cc1)CC(c1ccc(F)cc1)N2. The van der Waals surface area contributed by atoms with E-state index >= 15 is 0 Å². The lowest BCUT2D eigenvalue weighted by Gasteiger charge is -2.31. The first-order valence-corrected chi connectivity index (χ1v) is 10.2. The van der Waals surface area contributed by atoms with E-state index in [1.54, 1.807) is 12.1 Å². The fraction of sp³-hybridized carbons (Fsp3) is 0.167. The molecule has 1 aliphatic rings. The molecule has 1 aromatic heterocycles. The Kier molecular flexibility index (Phi) is 5.00. The van der Waals surface area contributed by atoms with Crippen LogP contribution in [0, 0.1) is 5.82 Å². The first-order chi connectivity index (χ1) is 15.2. The number of fused-ring (bicyclic) bond motifs is 1. The number of benzene rings is 3. The van der Waals surface area contributed by atoms with Gasteiger partial charge in [0, 0.05) is 0 Å². The van der Waals surface area contributed by atoms with E-state index in [2.05, 4.69) is 15.4 Å². The zero-order valence-corrected chi connectivity index (χ0v) is 16.8. The maximum Gasteiger partial charge on any atom is 0.241 e. The number of rotatable bonds is 5. The van der Waals surface area contributed by atoms with Crippen LogP contribution in [0.5, 0.6) is 5.75 Å². The second-order valence-corrected chi connectivity index (χ2v) is 7.58. The monoisotopic (exact) mass is 415 g/mol. The number of nitrogens with two attached hydrogens (primary N) is 1. The van der Waals surface area contributed by atoms with Crippen LogP contribution in [0.1, 0.15) is 35.2 Å². The summed E-state index contributed by atoms with van der Waals surface area (Å²) in [6.45, 7) is 0.518. The predicted molar refractivity (Wildman–Crippen MR) is 117 cm³/mol. The van der Waals surface area contributed by atoms with E-state index in [0.717, 1.165) is 28.9 Å². The Hall–Kier alpha value is -3.87. The number of nitrogens with one attached hydrogen (secondary N) is 1. The van der Waals surface area contributed by atoms with Gasteiger partial charge in [0.05, 0.1) is 12.1 Å². The Bertz CT molecular complexity index is 1160. The molecule has 156 valence electrons. The molecule has 31 heavy (non-hydrogen) atoms. The Morgan fingerprint density at radius 3 is 2.42 bits per heavy atom. The molecule has 0 radical (unpaired) electrons. The molecule has 1 aliphatic heterocycles. The number of halogens is 1. The van der Waals surface area contributed by atoms with Crippen LogP contribution < -0.4 is 15.8 Å². The summed E-state index contributed by atoms with van der Waals surface area (Å²) in [6, 6.07) is 24.5. The topological polar surface area (TPSA) is 78.0 Å². The predicted octanol–water partition coefficient (Wildman–Crippen LogP) is 4.72. The number of ether oxygens (including phenoxy) is 1. The van der Waals surface area contributed by atoms with Crippen LogP contribution in [-0.4, -0.2) is 14.8 Å². The first-order valence-electron chi connectivity index (χ1n) is 10.2. The molecule has 4 aromatic rings. The highest BCUT2D eigenvalue weighted by atomic mass is 19.1. The van der Waals surface area contributed by atoms with Gasteiger partial charge in [0.1, 0.15) is 18.2 Å². The van der Waals surface area contributed by atoms with Crippen molar-refractivity contribution in [3.05, 3.63) is 101 Å². The van der Waals surface area contributed by atoms with Crippen LogP contribution in [-0.2, 0) is 6.61 Å². The molecule has 3 N–H and O–H groups in total. The Labute approximate surface area is 179 Å². The Morgan fingerprint density at radius 1 is 0.968 bits per heavy atom. The minimum absolute atomic E-state index is 0.0318. The fourth-order valence-corrected chi connectivity index (χ4v) is 3.91. The van der Waals surface area contributed by atoms with Crippen LogP contribution in [0.4, 0.5) is 16.3 Å². The van der Waals surface area contributed by atoms with Crippen molar-refractivity contribution in [2.75, 3.05) is 11.1 Å². The average molecular weight is 415 g/mol. The second kappa shape index (κ2) is 8.10. The lowest BCUT2D eigenvalue weighted by molar-refractivity contribution is 0.306. The molecule has 2 atom stereocenters. The summed E-state index contributed by atoms with van der Waals surface area (Å²) in [7, 11) is 0. The highest BCUT2D eigenvalue weighted by molar-refractivity contribution is 5.42. The molecule has 0 saturated carbocycles. The molecule has 0 fully saturated rings. The highest BCUT2D eigenvalue weighted by Gasteiger charge is 2.30. The minimum Gasteiger partial charge on any atom is -0.489 e. The van der Waals surface area contributed by atoms with Crippen LogP contribution in [0.25, 0.3) is 0 Å². The lowest BCUT2D eigenvalue weighted by atomic mass is 9.93. The van der Waals surface area contributed by atoms with Gasteiger partial charge >= 0.3 is 0 Å². The average Bonchev–Trinajstić information content (AvgIpc) is 3.19. The molecule has 0 aliphatic carbocycles. The zero-order valence-electron chi connectivity index (χ0n) is 16.8. The molecule has 0 bridgehead atoms. The van der Waals surface area contributed by atoms with Gasteiger partial charge in [-0.15, -0.1) is 5.10 Å². The maximum absolute atomic E-state index is 13.4. The number of aromatic nitrogens is 3. The molecule has 7 heteroatoms. The van der Waals surface area contributed by atoms with Gasteiger partial charge in [-0.3, -0.25) is 0 Å². The molecular weight excluding hydrogens is 393 g/mol. The van der Waals surface area contributed by atoms with E-state index in [0.29, 0.717) is 12.6 Å². The summed E-state index contributed by atoms with van der Waals surface area (Å²) in [5, 5.41) is 7.74. The van der Waals surface area contributed by atoms with Gasteiger partial charge in [0.25, 0.3) is 0 Å². The summed E-state index contributed by atoms with van der Waals surface area (Å²) < 4.78 is 21.1. The maximum atomic E-state index is 13.4. The van der Waals surface area contributed by atoms with Crippen molar-refractivity contribution in [2.24, 2.45) is 0 Å². The molecule has 0 amide bonds. The van der Waals surface area contributed by atoms with E-state index in [1.165, 1.54) is 12.1 Å². The van der Waals surface area contributed by atoms with Crippen LogP contribution in [0.2, 0.25) is 0 Å². The number of nitrogens with zero attached hydrogens (tertiary/aromatic N) is 3. The van der Waals surface area contributed by atoms with Crippen molar-refractivity contribution in [2.45, 2.75) is 25.1 Å². The van der Waals surface area contributed by atoms with Crippen molar-refractivity contribution < 1.29 is 9.13 Å². The third kappa shape index (κ3) is 4.07. The highest BCUT2D eigenvalue weighted by Crippen LogP contribution is 2.38. The molecule has 3 aromatic carbocycles. The minimum atomic E-state index is -0.255. The summed E-state index contributed by atoms with van der Waals surface area (Å²) in [5.74, 6) is 1.37. The molecular formula is C24H22FN5O. The summed E-state index contributed by atoms with van der Waals surface area (Å²) in [5.41, 5.74) is 9.05.